The number of benzene rings is 2. The highest BCUT2D eigenvalue weighted by Crippen LogP contribution is 2.35. The Morgan fingerprint density at radius 2 is 1.68 bits per heavy atom. The summed E-state index contributed by atoms with van der Waals surface area (Å²) in [6.07, 6.45) is 0. The van der Waals surface area contributed by atoms with E-state index in [-0.39, 0.29) is 6.04 Å². The van der Waals surface area contributed by atoms with Gasteiger partial charge in [-0.05, 0) is 43.3 Å². The Labute approximate surface area is 117 Å². The smallest absolute Gasteiger partial charge is 0.135 e. The second kappa shape index (κ2) is 5.95. The number of halogens is 1. The summed E-state index contributed by atoms with van der Waals surface area (Å²) >= 11 is 5.85. The van der Waals surface area contributed by atoms with E-state index in [1.165, 1.54) is 0 Å². The van der Waals surface area contributed by atoms with E-state index in [1.54, 1.807) is 19.2 Å². The summed E-state index contributed by atoms with van der Waals surface area (Å²) in [5.74, 6) is 2.12. The molecule has 0 aliphatic heterocycles. The minimum Gasteiger partial charge on any atom is -0.496 e. The van der Waals surface area contributed by atoms with Crippen LogP contribution in [0.2, 0.25) is 5.02 Å². The number of methoxy groups -OCH3 is 1. The molecule has 100 valence electrons. The van der Waals surface area contributed by atoms with Crippen LogP contribution in [0.3, 0.4) is 0 Å². The summed E-state index contributed by atoms with van der Waals surface area (Å²) in [4.78, 5) is 0. The first-order valence-electron chi connectivity index (χ1n) is 5.97. The van der Waals surface area contributed by atoms with Crippen LogP contribution in [0.1, 0.15) is 18.5 Å². The van der Waals surface area contributed by atoms with Gasteiger partial charge in [0.15, 0.2) is 0 Å². The third kappa shape index (κ3) is 3.19. The molecule has 0 spiro atoms. The molecule has 0 amide bonds. The van der Waals surface area contributed by atoms with Crippen molar-refractivity contribution in [3.05, 3.63) is 53.1 Å². The Morgan fingerprint density at radius 3 is 2.26 bits per heavy atom. The van der Waals surface area contributed by atoms with Crippen molar-refractivity contribution >= 4 is 11.6 Å². The van der Waals surface area contributed by atoms with E-state index in [1.807, 2.05) is 37.3 Å². The zero-order chi connectivity index (χ0) is 13.8. The van der Waals surface area contributed by atoms with Gasteiger partial charge in [0.25, 0.3) is 0 Å². The van der Waals surface area contributed by atoms with Crippen molar-refractivity contribution < 1.29 is 9.47 Å². The number of hydrogen-bond acceptors (Lipinski definition) is 3. The molecule has 0 bridgehead atoms. The molecule has 0 aliphatic rings. The standard InChI is InChI=1S/C15H16ClNO2/c1-10(17)15-13(18-2)4-3-5-14(15)19-12-8-6-11(16)7-9-12/h3-10H,17H2,1-2H3. The van der Waals surface area contributed by atoms with Gasteiger partial charge < -0.3 is 15.2 Å². The predicted molar refractivity (Wildman–Crippen MR) is 77.1 cm³/mol. The van der Waals surface area contributed by atoms with Crippen LogP contribution in [-0.4, -0.2) is 7.11 Å². The van der Waals surface area contributed by atoms with E-state index in [2.05, 4.69) is 0 Å². The van der Waals surface area contributed by atoms with E-state index in [9.17, 15) is 0 Å². The van der Waals surface area contributed by atoms with Gasteiger partial charge in [-0.15, -0.1) is 0 Å². The number of hydrogen-bond donors (Lipinski definition) is 1. The quantitative estimate of drug-likeness (QED) is 0.912. The molecule has 2 rings (SSSR count). The number of ether oxygens (including phenoxy) is 2. The Morgan fingerprint density at radius 1 is 1.05 bits per heavy atom. The lowest BCUT2D eigenvalue weighted by Crippen LogP contribution is -2.08. The molecule has 0 aromatic heterocycles. The molecule has 4 heteroatoms. The molecule has 1 unspecified atom stereocenters. The van der Waals surface area contributed by atoms with Crippen molar-refractivity contribution in [2.24, 2.45) is 5.73 Å². The van der Waals surface area contributed by atoms with Crippen molar-refractivity contribution in [1.82, 2.24) is 0 Å². The SMILES string of the molecule is COc1cccc(Oc2ccc(Cl)cc2)c1C(C)N. The molecule has 0 saturated carbocycles. The highest BCUT2D eigenvalue weighted by Gasteiger charge is 2.14. The molecule has 3 nitrogen and oxygen atoms in total. The average molecular weight is 278 g/mol. The van der Waals surface area contributed by atoms with Crippen LogP contribution in [0, 0.1) is 0 Å². The fraction of sp³-hybridized carbons (Fsp3) is 0.200. The van der Waals surface area contributed by atoms with Crippen molar-refractivity contribution in [1.29, 1.82) is 0 Å². The molecule has 2 aromatic carbocycles. The van der Waals surface area contributed by atoms with Crippen molar-refractivity contribution in [2.45, 2.75) is 13.0 Å². The minimum absolute atomic E-state index is 0.182. The first-order valence-corrected chi connectivity index (χ1v) is 6.35. The zero-order valence-electron chi connectivity index (χ0n) is 10.9. The summed E-state index contributed by atoms with van der Waals surface area (Å²) in [5.41, 5.74) is 6.83. The summed E-state index contributed by atoms with van der Waals surface area (Å²) in [6.45, 7) is 1.90. The van der Waals surface area contributed by atoms with Crippen LogP contribution >= 0.6 is 11.6 Å². The normalized spacial score (nSPS) is 12.0. The number of rotatable bonds is 4. The van der Waals surface area contributed by atoms with E-state index < -0.39 is 0 Å². The molecular formula is C15H16ClNO2. The molecule has 1 atom stereocenters. The van der Waals surface area contributed by atoms with Crippen molar-refractivity contribution in [3.8, 4) is 17.2 Å². The van der Waals surface area contributed by atoms with Gasteiger partial charge in [-0.2, -0.15) is 0 Å². The van der Waals surface area contributed by atoms with Crippen LogP contribution in [-0.2, 0) is 0 Å². The number of nitrogens with two attached hydrogens (primary N) is 1. The van der Waals surface area contributed by atoms with Crippen molar-refractivity contribution in [3.63, 3.8) is 0 Å². The molecule has 19 heavy (non-hydrogen) atoms. The van der Waals surface area contributed by atoms with E-state index in [4.69, 9.17) is 26.8 Å². The predicted octanol–water partition coefficient (Wildman–Crippen LogP) is 4.16. The summed E-state index contributed by atoms with van der Waals surface area (Å²) in [5, 5.41) is 0.672. The fourth-order valence-corrected chi connectivity index (χ4v) is 2.00. The van der Waals surface area contributed by atoms with E-state index in [0.29, 0.717) is 16.5 Å². The van der Waals surface area contributed by atoms with Crippen LogP contribution < -0.4 is 15.2 Å². The lowest BCUT2D eigenvalue weighted by molar-refractivity contribution is 0.397. The van der Waals surface area contributed by atoms with Crippen LogP contribution in [0.15, 0.2) is 42.5 Å². The first-order chi connectivity index (χ1) is 9.11. The monoisotopic (exact) mass is 277 g/mol. The molecule has 2 aromatic rings. The summed E-state index contributed by atoms with van der Waals surface area (Å²) in [7, 11) is 1.62. The topological polar surface area (TPSA) is 44.5 Å². The second-order valence-electron chi connectivity index (χ2n) is 4.22. The van der Waals surface area contributed by atoms with E-state index in [0.717, 1.165) is 11.3 Å². The molecule has 0 heterocycles. The van der Waals surface area contributed by atoms with Gasteiger partial charge in [0.1, 0.15) is 17.2 Å². The summed E-state index contributed by atoms with van der Waals surface area (Å²) in [6, 6.07) is 12.6. The van der Waals surface area contributed by atoms with Gasteiger partial charge in [0, 0.05) is 11.1 Å². The average Bonchev–Trinajstić information content (AvgIpc) is 2.40. The molecule has 0 saturated heterocycles. The first kappa shape index (κ1) is 13.7. The van der Waals surface area contributed by atoms with Gasteiger partial charge >= 0.3 is 0 Å². The zero-order valence-corrected chi connectivity index (χ0v) is 11.6. The molecule has 0 fully saturated rings. The van der Waals surface area contributed by atoms with Gasteiger partial charge in [-0.25, -0.2) is 0 Å². The molecule has 0 radical (unpaired) electrons. The Balaban J connectivity index is 2.36. The Bertz CT molecular complexity index is 553. The summed E-state index contributed by atoms with van der Waals surface area (Å²) < 4.78 is 11.2. The van der Waals surface area contributed by atoms with Crippen LogP contribution in [0.5, 0.6) is 17.2 Å². The Kier molecular flexibility index (Phi) is 4.30. The van der Waals surface area contributed by atoms with Crippen molar-refractivity contribution in [2.75, 3.05) is 7.11 Å². The third-order valence-corrected chi connectivity index (χ3v) is 2.99. The van der Waals surface area contributed by atoms with Crippen LogP contribution in [0.25, 0.3) is 0 Å². The van der Waals surface area contributed by atoms with Crippen LogP contribution in [0.4, 0.5) is 0 Å². The van der Waals surface area contributed by atoms with Gasteiger partial charge in [0.2, 0.25) is 0 Å². The minimum atomic E-state index is -0.182. The maximum atomic E-state index is 5.99. The Hall–Kier alpha value is -1.71. The molecular weight excluding hydrogens is 262 g/mol. The molecule has 0 aliphatic carbocycles. The largest absolute Gasteiger partial charge is 0.496 e. The lowest BCUT2D eigenvalue weighted by Gasteiger charge is -2.17. The highest BCUT2D eigenvalue weighted by atomic mass is 35.5. The second-order valence-corrected chi connectivity index (χ2v) is 4.65. The fourth-order valence-electron chi connectivity index (χ4n) is 1.87. The van der Waals surface area contributed by atoms with Gasteiger partial charge in [0.05, 0.1) is 12.7 Å². The maximum Gasteiger partial charge on any atom is 0.135 e. The highest BCUT2D eigenvalue weighted by molar-refractivity contribution is 6.30. The maximum absolute atomic E-state index is 5.99. The van der Waals surface area contributed by atoms with Gasteiger partial charge in [-0.1, -0.05) is 17.7 Å². The molecule has 2 N–H and O–H groups in total. The van der Waals surface area contributed by atoms with E-state index >= 15 is 0 Å². The third-order valence-electron chi connectivity index (χ3n) is 2.74. The van der Waals surface area contributed by atoms with Gasteiger partial charge in [-0.3, -0.25) is 0 Å². The lowest BCUT2D eigenvalue weighted by atomic mass is 10.1.